The summed E-state index contributed by atoms with van der Waals surface area (Å²) in [5.74, 6) is -3.65. The number of aliphatic carboxylic acids is 2. The number of H-pyrrole nitrogens is 2. The van der Waals surface area contributed by atoms with Gasteiger partial charge in [0.2, 0.25) is 0 Å². The number of methoxy groups -OCH3 is 2. The Kier molecular flexibility index (Phi) is 12.7. The highest BCUT2D eigenvalue weighted by atomic mass is 16.5. The fraction of sp³-hybridized carbons (Fsp3) is 0.308. The van der Waals surface area contributed by atoms with Crippen LogP contribution in [0.15, 0.2) is 60.9 Å². The SMILES string of the molecule is COCCNCc1ccc2[nH]ccc2c1.COCCNCc1ccc2[nH]ccc2c1.O=C(O)C(=O)O. The van der Waals surface area contributed by atoms with Crippen LogP contribution in [0, 0.1) is 0 Å². The summed E-state index contributed by atoms with van der Waals surface area (Å²) in [6.07, 6.45) is 3.93. The molecule has 4 aromatic rings. The van der Waals surface area contributed by atoms with E-state index >= 15 is 0 Å². The van der Waals surface area contributed by atoms with Crippen molar-refractivity contribution >= 4 is 33.7 Å². The highest BCUT2D eigenvalue weighted by Crippen LogP contribution is 2.14. The predicted molar refractivity (Wildman–Crippen MR) is 139 cm³/mol. The molecule has 0 bridgehead atoms. The maximum atomic E-state index is 9.10. The summed E-state index contributed by atoms with van der Waals surface area (Å²) in [6.45, 7) is 5.08. The summed E-state index contributed by atoms with van der Waals surface area (Å²) in [5, 5.41) is 24.0. The minimum Gasteiger partial charge on any atom is -0.473 e. The lowest BCUT2D eigenvalue weighted by Gasteiger charge is -2.04. The number of carboxylic acids is 2. The van der Waals surface area contributed by atoms with Crippen LogP contribution in [-0.4, -0.2) is 72.6 Å². The van der Waals surface area contributed by atoms with E-state index in [1.807, 2.05) is 12.4 Å². The summed E-state index contributed by atoms with van der Waals surface area (Å²) in [7, 11) is 3.43. The number of hydrogen-bond donors (Lipinski definition) is 6. The van der Waals surface area contributed by atoms with Gasteiger partial charge in [0.05, 0.1) is 13.2 Å². The van der Waals surface area contributed by atoms with E-state index in [0.717, 1.165) is 39.4 Å². The monoisotopic (exact) mass is 498 g/mol. The molecule has 194 valence electrons. The van der Waals surface area contributed by atoms with Crippen LogP contribution in [-0.2, 0) is 32.2 Å². The van der Waals surface area contributed by atoms with Crippen LogP contribution in [0.3, 0.4) is 0 Å². The molecule has 10 heteroatoms. The Morgan fingerprint density at radius 3 is 1.50 bits per heavy atom. The Balaban J connectivity index is 0.000000208. The van der Waals surface area contributed by atoms with Gasteiger partial charge in [-0.15, -0.1) is 0 Å². The van der Waals surface area contributed by atoms with Crippen molar-refractivity contribution < 1.29 is 29.3 Å². The third kappa shape index (κ3) is 10.3. The lowest BCUT2D eigenvalue weighted by atomic mass is 10.1. The van der Waals surface area contributed by atoms with Gasteiger partial charge in [-0.1, -0.05) is 12.1 Å². The summed E-state index contributed by atoms with van der Waals surface area (Å²) in [6, 6.07) is 17.1. The van der Waals surface area contributed by atoms with Crippen molar-refractivity contribution in [3.05, 3.63) is 72.1 Å². The van der Waals surface area contributed by atoms with Crippen LogP contribution in [0.2, 0.25) is 0 Å². The molecule has 0 spiro atoms. The van der Waals surface area contributed by atoms with Crippen molar-refractivity contribution in [3.8, 4) is 0 Å². The largest absolute Gasteiger partial charge is 0.473 e. The normalized spacial score (nSPS) is 10.4. The van der Waals surface area contributed by atoms with Gasteiger partial charge in [-0.2, -0.15) is 0 Å². The van der Waals surface area contributed by atoms with Crippen LogP contribution in [0.25, 0.3) is 21.8 Å². The first kappa shape index (κ1) is 28.5. The van der Waals surface area contributed by atoms with Crippen molar-refractivity contribution in [2.75, 3.05) is 40.5 Å². The molecule has 0 aliphatic heterocycles. The van der Waals surface area contributed by atoms with Crippen LogP contribution in [0.1, 0.15) is 11.1 Å². The highest BCUT2D eigenvalue weighted by molar-refractivity contribution is 6.27. The molecule has 2 heterocycles. The minimum atomic E-state index is -1.82. The molecule has 0 saturated heterocycles. The van der Waals surface area contributed by atoms with E-state index in [-0.39, 0.29) is 0 Å². The van der Waals surface area contributed by atoms with Crippen molar-refractivity contribution in [1.82, 2.24) is 20.6 Å². The number of ether oxygens (including phenoxy) is 2. The Morgan fingerprint density at radius 1 is 0.722 bits per heavy atom. The molecule has 0 aliphatic carbocycles. The summed E-state index contributed by atoms with van der Waals surface area (Å²) < 4.78 is 9.94. The molecule has 0 unspecified atom stereocenters. The Hall–Kier alpha value is -3.70. The quantitative estimate of drug-likeness (QED) is 0.144. The Bertz CT molecular complexity index is 1110. The van der Waals surface area contributed by atoms with E-state index in [1.165, 1.54) is 32.9 Å². The maximum Gasteiger partial charge on any atom is 0.414 e. The first-order valence-corrected chi connectivity index (χ1v) is 11.4. The molecule has 36 heavy (non-hydrogen) atoms. The fourth-order valence-corrected chi connectivity index (χ4v) is 3.24. The molecule has 0 atom stereocenters. The van der Waals surface area contributed by atoms with Crippen molar-refractivity contribution in [2.24, 2.45) is 0 Å². The van der Waals surface area contributed by atoms with Crippen LogP contribution < -0.4 is 10.6 Å². The molecule has 10 nitrogen and oxygen atoms in total. The smallest absolute Gasteiger partial charge is 0.414 e. The van der Waals surface area contributed by atoms with E-state index in [9.17, 15) is 0 Å². The Morgan fingerprint density at radius 2 is 1.14 bits per heavy atom. The lowest BCUT2D eigenvalue weighted by molar-refractivity contribution is -0.159. The van der Waals surface area contributed by atoms with Gasteiger partial charge in [-0.25, -0.2) is 9.59 Å². The number of rotatable bonds is 10. The van der Waals surface area contributed by atoms with Gasteiger partial charge in [0, 0.05) is 63.8 Å². The number of carbonyl (C=O) groups is 2. The zero-order valence-corrected chi connectivity index (χ0v) is 20.5. The second-order valence-electron chi connectivity index (χ2n) is 7.75. The van der Waals surface area contributed by atoms with E-state index in [2.05, 4.69) is 69.1 Å². The third-order valence-corrected chi connectivity index (χ3v) is 5.04. The average Bonchev–Trinajstić information content (AvgIpc) is 3.54. The number of nitrogens with one attached hydrogen (secondary N) is 4. The van der Waals surface area contributed by atoms with E-state index in [1.54, 1.807) is 14.2 Å². The van der Waals surface area contributed by atoms with Gasteiger partial charge in [0.25, 0.3) is 0 Å². The van der Waals surface area contributed by atoms with Crippen molar-refractivity contribution in [1.29, 1.82) is 0 Å². The molecule has 2 aromatic heterocycles. The molecule has 0 aliphatic rings. The topological polar surface area (TPSA) is 149 Å². The van der Waals surface area contributed by atoms with Gasteiger partial charge in [0.15, 0.2) is 0 Å². The van der Waals surface area contributed by atoms with E-state index in [4.69, 9.17) is 29.3 Å². The van der Waals surface area contributed by atoms with Crippen LogP contribution in [0.4, 0.5) is 0 Å². The van der Waals surface area contributed by atoms with Crippen LogP contribution >= 0.6 is 0 Å². The molecule has 6 N–H and O–H groups in total. The van der Waals surface area contributed by atoms with E-state index < -0.39 is 11.9 Å². The standard InChI is InChI=1S/2C12H16N2O.C2H2O4/c2*1-15-7-6-13-9-10-2-3-12-11(8-10)4-5-14-12;3-1(4)2(5)6/h2*2-5,8,13-14H,6-7,9H2,1H3;(H,3,4)(H,5,6). The molecule has 0 saturated carbocycles. The highest BCUT2D eigenvalue weighted by Gasteiger charge is 2.04. The molecule has 4 rings (SSSR count). The van der Waals surface area contributed by atoms with Crippen LogP contribution in [0.5, 0.6) is 0 Å². The van der Waals surface area contributed by atoms with E-state index in [0.29, 0.717) is 0 Å². The molecular weight excluding hydrogens is 464 g/mol. The number of hydrogen-bond acceptors (Lipinski definition) is 6. The van der Waals surface area contributed by atoms with Gasteiger partial charge in [-0.3, -0.25) is 0 Å². The molecular formula is C26H34N4O6. The zero-order valence-electron chi connectivity index (χ0n) is 20.5. The lowest BCUT2D eigenvalue weighted by Crippen LogP contribution is -2.18. The number of benzene rings is 2. The summed E-state index contributed by atoms with van der Waals surface area (Å²) in [5.41, 5.74) is 4.99. The minimum absolute atomic E-state index is 0.756. The predicted octanol–water partition coefficient (Wildman–Crippen LogP) is 2.96. The van der Waals surface area contributed by atoms with Crippen molar-refractivity contribution in [2.45, 2.75) is 13.1 Å². The molecule has 2 aromatic carbocycles. The zero-order chi connectivity index (χ0) is 26.2. The average molecular weight is 499 g/mol. The number of fused-ring (bicyclic) bond motifs is 2. The molecule has 0 fully saturated rings. The number of carboxylic acid groups (broad SMARTS) is 2. The fourth-order valence-electron chi connectivity index (χ4n) is 3.24. The first-order valence-electron chi connectivity index (χ1n) is 11.4. The second-order valence-corrected chi connectivity index (χ2v) is 7.75. The maximum absolute atomic E-state index is 9.10. The summed E-state index contributed by atoms with van der Waals surface area (Å²) in [4.78, 5) is 24.6. The molecule has 0 amide bonds. The number of aromatic nitrogens is 2. The second kappa shape index (κ2) is 16.1. The van der Waals surface area contributed by atoms with Crippen molar-refractivity contribution in [3.63, 3.8) is 0 Å². The third-order valence-electron chi connectivity index (χ3n) is 5.04. The first-order chi connectivity index (χ1) is 17.4. The van der Waals surface area contributed by atoms with Gasteiger partial charge in [0.1, 0.15) is 0 Å². The van der Waals surface area contributed by atoms with Gasteiger partial charge >= 0.3 is 11.9 Å². The Labute approximate surface area is 209 Å². The molecule has 0 radical (unpaired) electrons. The summed E-state index contributed by atoms with van der Waals surface area (Å²) >= 11 is 0. The number of aromatic amines is 2. The van der Waals surface area contributed by atoms with Gasteiger partial charge in [-0.05, 0) is 58.3 Å². The van der Waals surface area contributed by atoms with Gasteiger partial charge < -0.3 is 40.3 Å².